The van der Waals surface area contributed by atoms with Gasteiger partial charge in [0.05, 0.1) is 11.5 Å². The molecule has 6 nitrogen and oxygen atoms in total. The summed E-state index contributed by atoms with van der Waals surface area (Å²) in [7, 11) is -3.77. The molecule has 0 amide bonds. The first-order valence-electron chi connectivity index (χ1n) is 6.92. The van der Waals surface area contributed by atoms with Crippen molar-refractivity contribution in [2.75, 3.05) is 6.61 Å². The summed E-state index contributed by atoms with van der Waals surface area (Å²) in [5.74, 6) is 0.643. The molecule has 0 spiro atoms. The maximum absolute atomic E-state index is 12.7. The molecule has 0 atom stereocenters. The van der Waals surface area contributed by atoms with Crippen LogP contribution in [-0.4, -0.2) is 29.4 Å². The Morgan fingerprint density at radius 2 is 1.82 bits per heavy atom. The molecule has 3 aromatic rings. The minimum atomic E-state index is -3.77. The lowest BCUT2D eigenvalue weighted by Crippen LogP contribution is -2.14. The molecule has 0 radical (unpaired) electrons. The van der Waals surface area contributed by atoms with Crippen LogP contribution in [0.25, 0.3) is 11.0 Å². The topological polar surface area (TPSA) is 74.1 Å². The van der Waals surface area contributed by atoms with Crippen molar-refractivity contribution in [3.05, 3.63) is 48.5 Å². The lowest BCUT2D eigenvalue weighted by Gasteiger charge is -2.07. The summed E-state index contributed by atoms with van der Waals surface area (Å²) in [4.78, 5) is 0.145. The summed E-state index contributed by atoms with van der Waals surface area (Å²) in [6.45, 7) is 2.61. The quantitative estimate of drug-likeness (QED) is 0.722. The Morgan fingerprint density at radius 3 is 2.55 bits per heavy atom. The molecule has 0 aliphatic heterocycles. The minimum Gasteiger partial charge on any atom is -0.494 e. The number of rotatable bonds is 5. The Kier molecular flexibility index (Phi) is 3.81. The standard InChI is InChI=1S/C15H15N3O3S/c1-2-11-21-12-7-9-13(10-8-12)22(19,20)18-15-6-4-3-5-14(15)16-17-18/h3-10H,2,11H2,1H3. The van der Waals surface area contributed by atoms with Gasteiger partial charge in [0, 0.05) is 0 Å². The Bertz CT molecular complexity index is 886. The number of nitrogens with zero attached hydrogens (tertiary/aromatic N) is 3. The van der Waals surface area contributed by atoms with Crippen LogP contribution >= 0.6 is 0 Å². The Morgan fingerprint density at radius 1 is 1.09 bits per heavy atom. The SMILES string of the molecule is CCCOc1ccc(S(=O)(=O)n2nnc3ccccc32)cc1. The van der Waals surface area contributed by atoms with Crippen LogP contribution in [0, 0.1) is 0 Å². The zero-order valence-corrected chi connectivity index (χ0v) is 12.8. The molecule has 0 unspecified atom stereocenters. The van der Waals surface area contributed by atoms with Gasteiger partial charge in [0.1, 0.15) is 16.8 Å². The molecule has 22 heavy (non-hydrogen) atoms. The number of hydrogen-bond acceptors (Lipinski definition) is 5. The molecule has 0 aliphatic rings. The van der Waals surface area contributed by atoms with Crippen LogP contribution in [0.4, 0.5) is 0 Å². The highest BCUT2D eigenvalue weighted by Crippen LogP contribution is 2.21. The number of fused-ring (bicyclic) bond motifs is 1. The van der Waals surface area contributed by atoms with Gasteiger partial charge in [-0.05, 0) is 42.8 Å². The average Bonchev–Trinajstić information content (AvgIpc) is 2.98. The van der Waals surface area contributed by atoms with Gasteiger partial charge in [-0.2, -0.15) is 8.42 Å². The summed E-state index contributed by atoms with van der Waals surface area (Å²) >= 11 is 0. The predicted octanol–water partition coefficient (Wildman–Crippen LogP) is 2.46. The van der Waals surface area contributed by atoms with E-state index in [1.54, 1.807) is 36.4 Å². The third kappa shape index (κ3) is 2.55. The van der Waals surface area contributed by atoms with Crippen LogP contribution in [-0.2, 0) is 10.0 Å². The van der Waals surface area contributed by atoms with Crippen molar-refractivity contribution in [1.82, 2.24) is 14.4 Å². The number of benzene rings is 2. The van der Waals surface area contributed by atoms with Gasteiger partial charge >= 0.3 is 0 Å². The summed E-state index contributed by atoms with van der Waals surface area (Å²) in [5.41, 5.74) is 0.989. The van der Waals surface area contributed by atoms with Gasteiger partial charge in [0.2, 0.25) is 0 Å². The fourth-order valence-corrected chi connectivity index (χ4v) is 3.28. The Hall–Kier alpha value is -2.41. The average molecular weight is 317 g/mol. The first-order chi connectivity index (χ1) is 10.6. The lowest BCUT2D eigenvalue weighted by atomic mass is 10.3. The molecule has 0 saturated carbocycles. The van der Waals surface area contributed by atoms with Gasteiger partial charge in [0.15, 0.2) is 0 Å². The summed E-state index contributed by atoms with van der Waals surface area (Å²) < 4.78 is 31.7. The number of para-hydroxylation sites is 1. The first-order valence-corrected chi connectivity index (χ1v) is 8.36. The molecule has 0 fully saturated rings. The highest BCUT2D eigenvalue weighted by Gasteiger charge is 2.21. The second kappa shape index (κ2) is 5.76. The van der Waals surface area contributed by atoms with Gasteiger partial charge in [0.25, 0.3) is 10.0 Å². The third-order valence-electron chi connectivity index (χ3n) is 3.14. The third-order valence-corrected chi connectivity index (χ3v) is 4.74. The summed E-state index contributed by atoms with van der Waals surface area (Å²) in [6, 6.07) is 13.2. The van der Waals surface area contributed by atoms with Gasteiger partial charge in [-0.3, -0.25) is 0 Å². The molecule has 0 saturated heterocycles. The fraction of sp³-hybridized carbons (Fsp3) is 0.200. The molecule has 114 valence electrons. The van der Waals surface area contributed by atoms with Crippen molar-refractivity contribution in [2.45, 2.75) is 18.2 Å². The lowest BCUT2D eigenvalue weighted by molar-refractivity contribution is 0.317. The maximum Gasteiger partial charge on any atom is 0.284 e. The Balaban J connectivity index is 1.99. The molecule has 0 bridgehead atoms. The molecule has 2 aromatic carbocycles. The zero-order chi connectivity index (χ0) is 15.6. The molecule has 0 N–H and O–H groups in total. The molecular weight excluding hydrogens is 302 g/mol. The Labute approximate surface area is 128 Å². The number of aromatic nitrogens is 3. The molecule has 1 heterocycles. The molecule has 0 aliphatic carbocycles. The van der Waals surface area contributed by atoms with Gasteiger partial charge in [-0.15, -0.1) is 9.19 Å². The van der Waals surface area contributed by atoms with E-state index in [0.717, 1.165) is 10.5 Å². The van der Waals surface area contributed by atoms with Crippen molar-refractivity contribution in [1.29, 1.82) is 0 Å². The van der Waals surface area contributed by atoms with E-state index in [1.807, 2.05) is 6.92 Å². The van der Waals surface area contributed by atoms with E-state index in [2.05, 4.69) is 10.3 Å². The van der Waals surface area contributed by atoms with Crippen LogP contribution in [0.5, 0.6) is 5.75 Å². The van der Waals surface area contributed by atoms with Crippen LogP contribution < -0.4 is 4.74 Å². The van der Waals surface area contributed by atoms with Gasteiger partial charge in [-0.25, -0.2) is 0 Å². The minimum absolute atomic E-state index is 0.145. The largest absolute Gasteiger partial charge is 0.494 e. The van der Waals surface area contributed by atoms with Crippen LogP contribution in [0.15, 0.2) is 53.4 Å². The highest BCUT2D eigenvalue weighted by atomic mass is 32.2. The van der Waals surface area contributed by atoms with Crippen molar-refractivity contribution in [2.24, 2.45) is 0 Å². The maximum atomic E-state index is 12.7. The number of ether oxygens (including phenoxy) is 1. The second-order valence-corrected chi connectivity index (χ2v) is 6.51. The van der Waals surface area contributed by atoms with E-state index in [-0.39, 0.29) is 4.90 Å². The van der Waals surface area contributed by atoms with Crippen molar-refractivity contribution in [3.63, 3.8) is 0 Å². The summed E-state index contributed by atoms with van der Waals surface area (Å²) in [5, 5.41) is 7.64. The molecular formula is C15H15N3O3S. The van der Waals surface area contributed by atoms with Crippen LogP contribution in [0.3, 0.4) is 0 Å². The monoisotopic (exact) mass is 317 g/mol. The van der Waals surface area contributed by atoms with E-state index in [4.69, 9.17) is 4.74 Å². The number of hydrogen-bond donors (Lipinski definition) is 0. The first kappa shape index (κ1) is 14.5. The van der Waals surface area contributed by atoms with Crippen LogP contribution in [0.2, 0.25) is 0 Å². The van der Waals surface area contributed by atoms with E-state index in [0.29, 0.717) is 23.4 Å². The normalized spacial score (nSPS) is 11.7. The summed E-state index contributed by atoms with van der Waals surface area (Å²) in [6.07, 6.45) is 0.894. The highest BCUT2D eigenvalue weighted by molar-refractivity contribution is 7.90. The smallest absolute Gasteiger partial charge is 0.284 e. The van der Waals surface area contributed by atoms with Crippen molar-refractivity contribution < 1.29 is 13.2 Å². The van der Waals surface area contributed by atoms with E-state index < -0.39 is 10.0 Å². The van der Waals surface area contributed by atoms with E-state index >= 15 is 0 Å². The molecule has 3 rings (SSSR count). The van der Waals surface area contributed by atoms with Crippen molar-refractivity contribution >= 4 is 21.1 Å². The fourth-order valence-electron chi connectivity index (χ4n) is 2.05. The zero-order valence-electron chi connectivity index (χ0n) is 12.0. The van der Waals surface area contributed by atoms with E-state index in [1.165, 1.54) is 12.1 Å². The van der Waals surface area contributed by atoms with E-state index in [9.17, 15) is 8.42 Å². The molecule has 7 heteroatoms. The molecule has 1 aromatic heterocycles. The van der Waals surface area contributed by atoms with Crippen LogP contribution in [0.1, 0.15) is 13.3 Å². The predicted molar refractivity (Wildman–Crippen MR) is 82.3 cm³/mol. The second-order valence-electron chi connectivity index (χ2n) is 4.75. The van der Waals surface area contributed by atoms with Crippen molar-refractivity contribution in [3.8, 4) is 5.75 Å². The van der Waals surface area contributed by atoms with Gasteiger partial charge < -0.3 is 4.74 Å². The van der Waals surface area contributed by atoms with Gasteiger partial charge in [-0.1, -0.05) is 24.3 Å².